The molecule has 1 atom stereocenters. The van der Waals surface area contributed by atoms with E-state index in [0.717, 1.165) is 38.2 Å². The number of hydrogen-bond acceptors (Lipinski definition) is 4. The van der Waals surface area contributed by atoms with E-state index in [0.29, 0.717) is 11.2 Å². The van der Waals surface area contributed by atoms with E-state index in [1.807, 2.05) is 35.5 Å². The molecular formula is C21H25N5O. The Morgan fingerprint density at radius 2 is 1.96 bits per heavy atom. The van der Waals surface area contributed by atoms with Crippen LogP contribution >= 0.6 is 0 Å². The van der Waals surface area contributed by atoms with E-state index in [-0.39, 0.29) is 11.9 Å². The number of carbonyl (C=O) groups is 1. The Morgan fingerprint density at radius 3 is 2.63 bits per heavy atom. The van der Waals surface area contributed by atoms with Gasteiger partial charge in [-0.05, 0) is 25.1 Å². The highest BCUT2D eigenvalue weighted by Crippen LogP contribution is 2.34. The van der Waals surface area contributed by atoms with Gasteiger partial charge in [-0.2, -0.15) is 5.10 Å². The number of benzene rings is 1. The molecule has 1 aromatic carbocycles. The maximum absolute atomic E-state index is 13.1. The Kier molecular flexibility index (Phi) is 4.90. The lowest BCUT2D eigenvalue weighted by Gasteiger charge is -2.41. The first-order valence-corrected chi connectivity index (χ1v) is 9.61. The molecule has 6 nitrogen and oxygen atoms in total. The van der Waals surface area contributed by atoms with Gasteiger partial charge >= 0.3 is 0 Å². The summed E-state index contributed by atoms with van der Waals surface area (Å²) in [6, 6.07) is 10.3. The molecule has 3 heterocycles. The summed E-state index contributed by atoms with van der Waals surface area (Å²) in [6.45, 7) is 7.89. The first kappa shape index (κ1) is 17.7. The van der Waals surface area contributed by atoms with E-state index in [1.54, 1.807) is 10.7 Å². The zero-order valence-electron chi connectivity index (χ0n) is 15.9. The second-order valence-corrected chi connectivity index (χ2v) is 6.96. The number of amides is 1. The van der Waals surface area contributed by atoms with Gasteiger partial charge in [-0.15, -0.1) is 0 Å². The normalized spacial score (nSPS) is 16.7. The SMILES string of the molecule is CCN(CC)Cc1cnc2c(C(=O)N3CC[C@H]3c3ccccc3)cnn2c1. The predicted molar refractivity (Wildman–Crippen MR) is 104 cm³/mol. The number of rotatable bonds is 6. The number of carbonyl (C=O) groups excluding carboxylic acids is 1. The summed E-state index contributed by atoms with van der Waals surface area (Å²) < 4.78 is 1.73. The Bertz CT molecular complexity index is 932. The standard InChI is InChI=1S/C21H25N5O/c1-3-24(4-2)14-16-12-22-20-18(13-23-26(20)15-16)21(27)25-11-10-19(25)17-8-6-5-7-9-17/h5-9,12-13,15,19H,3-4,10-11,14H2,1-2H3/t19-/m0/s1. The van der Waals surface area contributed by atoms with Gasteiger partial charge in [0.25, 0.3) is 5.91 Å². The quantitative estimate of drug-likeness (QED) is 0.675. The minimum absolute atomic E-state index is 0.00842. The molecule has 1 aliphatic heterocycles. The summed E-state index contributed by atoms with van der Waals surface area (Å²) in [5.74, 6) is 0.00842. The third-order valence-electron chi connectivity index (χ3n) is 5.41. The molecule has 3 aromatic rings. The molecule has 1 aliphatic rings. The number of fused-ring (bicyclic) bond motifs is 1. The lowest BCUT2D eigenvalue weighted by molar-refractivity contribution is 0.0462. The predicted octanol–water partition coefficient (Wildman–Crippen LogP) is 3.16. The van der Waals surface area contributed by atoms with Crippen molar-refractivity contribution in [3.8, 4) is 0 Å². The average molecular weight is 363 g/mol. The smallest absolute Gasteiger partial charge is 0.259 e. The van der Waals surface area contributed by atoms with Crippen LogP contribution in [0, 0.1) is 0 Å². The Hall–Kier alpha value is -2.73. The van der Waals surface area contributed by atoms with Crippen molar-refractivity contribution in [3.05, 3.63) is 65.6 Å². The second kappa shape index (κ2) is 7.48. The number of nitrogens with zero attached hydrogens (tertiary/aromatic N) is 5. The summed E-state index contributed by atoms with van der Waals surface area (Å²) in [7, 11) is 0. The second-order valence-electron chi connectivity index (χ2n) is 6.96. The molecule has 0 aliphatic carbocycles. The Morgan fingerprint density at radius 1 is 1.19 bits per heavy atom. The molecule has 0 radical (unpaired) electrons. The van der Waals surface area contributed by atoms with Crippen LogP contribution < -0.4 is 0 Å². The molecule has 1 fully saturated rings. The number of hydrogen-bond donors (Lipinski definition) is 0. The van der Waals surface area contributed by atoms with Crippen LogP contribution in [0.3, 0.4) is 0 Å². The van der Waals surface area contributed by atoms with Gasteiger partial charge in [0.2, 0.25) is 0 Å². The maximum Gasteiger partial charge on any atom is 0.259 e. The third kappa shape index (κ3) is 3.32. The monoisotopic (exact) mass is 363 g/mol. The summed E-state index contributed by atoms with van der Waals surface area (Å²) in [5.41, 5.74) is 3.48. The fourth-order valence-corrected chi connectivity index (χ4v) is 3.66. The summed E-state index contributed by atoms with van der Waals surface area (Å²) >= 11 is 0. The van der Waals surface area contributed by atoms with Crippen LogP contribution in [0.5, 0.6) is 0 Å². The molecule has 1 saturated heterocycles. The van der Waals surface area contributed by atoms with Gasteiger partial charge in [-0.1, -0.05) is 44.2 Å². The summed E-state index contributed by atoms with van der Waals surface area (Å²) in [5, 5.41) is 4.39. The molecule has 2 aromatic heterocycles. The maximum atomic E-state index is 13.1. The molecule has 0 unspecified atom stereocenters. The van der Waals surface area contributed by atoms with Crippen molar-refractivity contribution in [2.75, 3.05) is 19.6 Å². The zero-order valence-corrected chi connectivity index (χ0v) is 15.9. The Labute approximate surface area is 159 Å². The van der Waals surface area contributed by atoms with Crippen LogP contribution in [0.25, 0.3) is 5.65 Å². The van der Waals surface area contributed by atoms with Crippen molar-refractivity contribution in [1.82, 2.24) is 24.4 Å². The van der Waals surface area contributed by atoms with Crippen LogP contribution in [0.4, 0.5) is 0 Å². The van der Waals surface area contributed by atoms with Gasteiger partial charge in [0, 0.05) is 31.0 Å². The Balaban J connectivity index is 1.56. The largest absolute Gasteiger partial charge is 0.331 e. The first-order valence-electron chi connectivity index (χ1n) is 9.61. The minimum atomic E-state index is 0.00842. The molecular weight excluding hydrogens is 338 g/mol. The van der Waals surface area contributed by atoms with Gasteiger partial charge in [0.1, 0.15) is 5.56 Å². The van der Waals surface area contributed by atoms with Crippen LogP contribution in [-0.2, 0) is 6.54 Å². The van der Waals surface area contributed by atoms with Crippen molar-refractivity contribution in [2.45, 2.75) is 32.9 Å². The average Bonchev–Trinajstić information content (AvgIpc) is 3.09. The van der Waals surface area contributed by atoms with Crippen molar-refractivity contribution in [3.63, 3.8) is 0 Å². The third-order valence-corrected chi connectivity index (χ3v) is 5.41. The fraction of sp³-hybridized carbons (Fsp3) is 0.381. The van der Waals surface area contributed by atoms with Gasteiger partial charge < -0.3 is 4.90 Å². The van der Waals surface area contributed by atoms with E-state index in [1.165, 1.54) is 5.56 Å². The zero-order chi connectivity index (χ0) is 18.8. The van der Waals surface area contributed by atoms with Crippen LogP contribution in [0.15, 0.2) is 48.9 Å². The van der Waals surface area contributed by atoms with E-state index < -0.39 is 0 Å². The molecule has 140 valence electrons. The highest BCUT2D eigenvalue weighted by molar-refractivity contribution is 6.00. The summed E-state index contributed by atoms with van der Waals surface area (Å²) in [6.07, 6.45) is 6.47. The minimum Gasteiger partial charge on any atom is -0.331 e. The number of likely N-dealkylation sites (tertiary alicyclic amines) is 1. The van der Waals surface area contributed by atoms with Gasteiger partial charge in [-0.3, -0.25) is 9.69 Å². The lowest BCUT2D eigenvalue weighted by atomic mass is 9.94. The van der Waals surface area contributed by atoms with E-state index in [4.69, 9.17) is 0 Å². The van der Waals surface area contributed by atoms with Gasteiger partial charge in [0.15, 0.2) is 5.65 Å². The van der Waals surface area contributed by atoms with Crippen molar-refractivity contribution in [2.24, 2.45) is 0 Å². The lowest BCUT2D eigenvalue weighted by Crippen LogP contribution is -2.45. The van der Waals surface area contributed by atoms with Gasteiger partial charge in [-0.25, -0.2) is 9.50 Å². The van der Waals surface area contributed by atoms with Crippen molar-refractivity contribution in [1.29, 1.82) is 0 Å². The first-order chi connectivity index (χ1) is 13.2. The molecule has 0 spiro atoms. The molecule has 1 amide bonds. The number of aromatic nitrogens is 3. The molecule has 4 rings (SSSR count). The molecule has 0 N–H and O–H groups in total. The van der Waals surface area contributed by atoms with Crippen molar-refractivity contribution < 1.29 is 4.79 Å². The molecule has 0 bridgehead atoms. The summed E-state index contributed by atoms with van der Waals surface area (Å²) in [4.78, 5) is 21.9. The molecule has 27 heavy (non-hydrogen) atoms. The van der Waals surface area contributed by atoms with Crippen molar-refractivity contribution >= 4 is 11.6 Å². The topological polar surface area (TPSA) is 53.7 Å². The van der Waals surface area contributed by atoms with Crippen LogP contribution in [0.1, 0.15) is 47.8 Å². The van der Waals surface area contributed by atoms with E-state index in [9.17, 15) is 4.79 Å². The fourth-order valence-electron chi connectivity index (χ4n) is 3.66. The van der Waals surface area contributed by atoms with Crippen LogP contribution in [0.2, 0.25) is 0 Å². The highest BCUT2D eigenvalue weighted by Gasteiger charge is 2.35. The molecule has 6 heteroatoms. The van der Waals surface area contributed by atoms with E-state index in [2.05, 4.69) is 41.0 Å². The van der Waals surface area contributed by atoms with Crippen LogP contribution in [-0.4, -0.2) is 49.9 Å². The van der Waals surface area contributed by atoms with E-state index >= 15 is 0 Å². The highest BCUT2D eigenvalue weighted by atomic mass is 16.2. The van der Waals surface area contributed by atoms with Gasteiger partial charge in [0.05, 0.1) is 12.2 Å². The molecule has 0 saturated carbocycles.